The van der Waals surface area contributed by atoms with Gasteiger partial charge in [0.15, 0.2) is 0 Å². The molecule has 0 radical (unpaired) electrons. The lowest BCUT2D eigenvalue weighted by Gasteiger charge is -2.00. The van der Waals surface area contributed by atoms with Gasteiger partial charge in [-0.3, -0.25) is 0 Å². The minimum atomic E-state index is -1.40. The standard InChI is InChI=1S/C10H16O4/c1-2-3-4-5-8-14-10(13)7-6-9(11)12/h6-7H,2-5,8H2,1H3,(H,11,12)/p-1/b7-6-. The summed E-state index contributed by atoms with van der Waals surface area (Å²) < 4.78 is 4.72. The van der Waals surface area contributed by atoms with Gasteiger partial charge in [-0.25, -0.2) is 4.79 Å². The molecule has 0 aromatic rings. The monoisotopic (exact) mass is 199 g/mol. The van der Waals surface area contributed by atoms with E-state index in [1.54, 1.807) is 0 Å². The van der Waals surface area contributed by atoms with E-state index in [1.165, 1.54) is 0 Å². The van der Waals surface area contributed by atoms with E-state index in [-0.39, 0.29) is 0 Å². The number of unbranched alkanes of at least 4 members (excludes halogenated alkanes) is 3. The van der Waals surface area contributed by atoms with E-state index in [0.29, 0.717) is 12.7 Å². The summed E-state index contributed by atoms with van der Waals surface area (Å²) in [6, 6.07) is 0. The van der Waals surface area contributed by atoms with Gasteiger partial charge in [0.25, 0.3) is 0 Å². The SMILES string of the molecule is CCCCCCOC(=O)/C=C\C(=O)[O-]. The smallest absolute Gasteiger partial charge is 0.330 e. The summed E-state index contributed by atoms with van der Waals surface area (Å²) in [5, 5.41) is 9.91. The van der Waals surface area contributed by atoms with Crippen molar-refractivity contribution < 1.29 is 19.4 Å². The fourth-order valence-electron chi connectivity index (χ4n) is 0.886. The molecule has 0 aliphatic rings. The summed E-state index contributed by atoms with van der Waals surface area (Å²) >= 11 is 0. The Labute approximate surface area is 83.6 Å². The molecule has 0 bridgehead atoms. The van der Waals surface area contributed by atoms with E-state index in [1.807, 2.05) is 0 Å². The van der Waals surface area contributed by atoms with E-state index in [4.69, 9.17) is 4.74 Å². The van der Waals surface area contributed by atoms with Gasteiger partial charge >= 0.3 is 5.97 Å². The fourth-order valence-corrected chi connectivity index (χ4v) is 0.886. The molecule has 0 saturated heterocycles. The van der Waals surface area contributed by atoms with Crippen molar-refractivity contribution in [2.45, 2.75) is 32.6 Å². The van der Waals surface area contributed by atoms with Crippen molar-refractivity contribution in [2.24, 2.45) is 0 Å². The maximum atomic E-state index is 10.8. The number of hydrogen-bond donors (Lipinski definition) is 0. The van der Waals surface area contributed by atoms with Gasteiger partial charge in [0.2, 0.25) is 0 Å². The number of ether oxygens (including phenoxy) is 1. The molecule has 0 N–H and O–H groups in total. The van der Waals surface area contributed by atoms with Gasteiger partial charge in [-0.05, 0) is 12.5 Å². The summed E-state index contributed by atoms with van der Waals surface area (Å²) in [5.41, 5.74) is 0. The molecule has 0 rings (SSSR count). The summed E-state index contributed by atoms with van der Waals surface area (Å²) in [6.07, 6.45) is 5.60. The van der Waals surface area contributed by atoms with Crippen molar-refractivity contribution in [3.63, 3.8) is 0 Å². The van der Waals surface area contributed by atoms with E-state index >= 15 is 0 Å². The van der Waals surface area contributed by atoms with Crippen molar-refractivity contribution in [2.75, 3.05) is 6.61 Å². The summed E-state index contributed by atoms with van der Waals surface area (Å²) in [5.74, 6) is -2.03. The summed E-state index contributed by atoms with van der Waals surface area (Å²) in [6.45, 7) is 2.44. The molecule has 4 nitrogen and oxygen atoms in total. The normalized spacial score (nSPS) is 10.4. The number of carboxylic acids is 1. The van der Waals surface area contributed by atoms with Gasteiger partial charge in [0.1, 0.15) is 0 Å². The van der Waals surface area contributed by atoms with Crippen LogP contribution in [0.2, 0.25) is 0 Å². The molecule has 0 aromatic heterocycles. The molecule has 0 heterocycles. The molecule has 0 saturated carbocycles. The second kappa shape index (κ2) is 8.29. The Bertz CT molecular complexity index is 208. The van der Waals surface area contributed by atoms with Crippen LogP contribution in [0.1, 0.15) is 32.6 Å². The Morgan fingerprint density at radius 1 is 1.21 bits per heavy atom. The van der Waals surface area contributed by atoms with Gasteiger partial charge < -0.3 is 14.6 Å². The molecule has 0 unspecified atom stereocenters. The van der Waals surface area contributed by atoms with Gasteiger partial charge in [0, 0.05) is 6.08 Å². The molecule has 0 spiro atoms. The van der Waals surface area contributed by atoms with Crippen LogP contribution < -0.4 is 5.11 Å². The number of esters is 1. The van der Waals surface area contributed by atoms with Crippen LogP contribution in [0, 0.1) is 0 Å². The highest BCUT2D eigenvalue weighted by molar-refractivity contribution is 5.89. The molecular formula is C10H15O4-. The predicted octanol–water partition coefficient (Wildman–Crippen LogP) is 0.416. The molecule has 4 heteroatoms. The van der Waals surface area contributed by atoms with Crippen LogP contribution in [0.4, 0.5) is 0 Å². The van der Waals surface area contributed by atoms with Crippen LogP contribution in [0.25, 0.3) is 0 Å². The zero-order valence-corrected chi connectivity index (χ0v) is 8.32. The highest BCUT2D eigenvalue weighted by atomic mass is 16.5. The molecule has 80 valence electrons. The first-order chi connectivity index (χ1) is 6.66. The Balaban J connectivity index is 3.40. The number of hydrogen-bond acceptors (Lipinski definition) is 4. The third-order valence-corrected chi connectivity index (χ3v) is 1.60. The second-order valence-corrected chi connectivity index (χ2v) is 2.88. The van der Waals surface area contributed by atoms with Crippen molar-refractivity contribution in [1.29, 1.82) is 0 Å². The largest absolute Gasteiger partial charge is 0.545 e. The van der Waals surface area contributed by atoms with Crippen molar-refractivity contribution in [1.82, 2.24) is 0 Å². The molecule has 0 amide bonds. The first-order valence-electron chi connectivity index (χ1n) is 4.72. The highest BCUT2D eigenvalue weighted by Crippen LogP contribution is 1.98. The number of carbonyl (C=O) groups excluding carboxylic acids is 2. The van der Waals surface area contributed by atoms with Crippen LogP contribution >= 0.6 is 0 Å². The van der Waals surface area contributed by atoms with Gasteiger partial charge in [0.05, 0.1) is 12.6 Å². The quantitative estimate of drug-likeness (QED) is 0.338. The molecular weight excluding hydrogens is 184 g/mol. The first-order valence-corrected chi connectivity index (χ1v) is 4.72. The Hall–Kier alpha value is -1.32. The van der Waals surface area contributed by atoms with E-state index in [0.717, 1.165) is 31.8 Å². The van der Waals surface area contributed by atoms with Crippen LogP contribution in [0.15, 0.2) is 12.2 Å². The van der Waals surface area contributed by atoms with E-state index in [2.05, 4.69) is 6.92 Å². The summed E-state index contributed by atoms with van der Waals surface area (Å²) in [7, 11) is 0. The topological polar surface area (TPSA) is 66.4 Å². The average Bonchev–Trinajstić information content (AvgIpc) is 2.14. The lowest BCUT2D eigenvalue weighted by Crippen LogP contribution is -2.19. The molecule has 0 fully saturated rings. The van der Waals surface area contributed by atoms with Crippen molar-refractivity contribution >= 4 is 11.9 Å². The number of carboxylic acid groups (broad SMARTS) is 1. The van der Waals surface area contributed by atoms with E-state index in [9.17, 15) is 14.7 Å². The van der Waals surface area contributed by atoms with Gasteiger partial charge in [-0.15, -0.1) is 0 Å². The van der Waals surface area contributed by atoms with Crippen LogP contribution in [0.5, 0.6) is 0 Å². The highest BCUT2D eigenvalue weighted by Gasteiger charge is 1.95. The number of rotatable bonds is 7. The van der Waals surface area contributed by atoms with Crippen molar-refractivity contribution in [3.8, 4) is 0 Å². The molecule has 0 aromatic carbocycles. The maximum Gasteiger partial charge on any atom is 0.330 e. The molecule has 0 aliphatic heterocycles. The van der Waals surface area contributed by atoms with E-state index < -0.39 is 11.9 Å². The van der Waals surface area contributed by atoms with Crippen molar-refractivity contribution in [3.05, 3.63) is 12.2 Å². The van der Waals surface area contributed by atoms with Crippen LogP contribution in [-0.2, 0) is 14.3 Å². The zero-order chi connectivity index (χ0) is 10.8. The fraction of sp³-hybridized carbons (Fsp3) is 0.600. The minimum Gasteiger partial charge on any atom is -0.545 e. The maximum absolute atomic E-state index is 10.8. The van der Waals surface area contributed by atoms with Gasteiger partial charge in [-0.2, -0.15) is 0 Å². The second-order valence-electron chi connectivity index (χ2n) is 2.88. The van der Waals surface area contributed by atoms with Gasteiger partial charge in [-0.1, -0.05) is 26.2 Å². The lowest BCUT2D eigenvalue weighted by atomic mass is 10.2. The Morgan fingerprint density at radius 3 is 2.50 bits per heavy atom. The lowest BCUT2D eigenvalue weighted by molar-refractivity contribution is -0.297. The zero-order valence-electron chi connectivity index (χ0n) is 8.32. The number of carbonyl (C=O) groups is 2. The average molecular weight is 199 g/mol. The third-order valence-electron chi connectivity index (χ3n) is 1.60. The summed E-state index contributed by atoms with van der Waals surface area (Å²) in [4.78, 5) is 20.7. The first kappa shape index (κ1) is 12.7. The minimum absolute atomic E-state index is 0.343. The predicted molar refractivity (Wildman–Crippen MR) is 49.2 cm³/mol. The number of aliphatic carboxylic acids is 1. The Morgan fingerprint density at radius 2 is 1.93 bits per heavy atom. The van der Waals surface area contributed by atoms with Crippen LogP contribution in [0.3, 0.4) is 0 Å². The third kappa shape index (κ3) is 8.77. The molecule has 14 heavy (non-hydrogen) atoms. The molecule has 0 atom stereocenters. The van der Waals surface area contributed by atoms with Crippen LogP contribution in [-0.4, -0.2) is 18.5 Å². The molecule has 0 aliphatic carbocycles. The Kier molecular flexibility index (Phi) is 7.50.